The minimum absolute atomic E-state index is 0.0257. The van der Waals surface area contributed by atoms with Crippen molar-refractivity contribution >= 4 is 11.8 Å². The first kappa shape index (κ1) is 22.6. The van der Waals surface area contributed by atoms with E-state index in [0.29, 0.717) is 29.2 Å². The molecule has 0 saturated carbocycles. The topological polar surface area (TPSA) is 73.9 Å². The van der Waals surface area contributed by atoms with Gasteiger partial charge in [-0.2, -0.15) is 0 Å². The van der Waals surface area contributed by atoms with E-state index < -0.39 is 17.8 Å². The summed E-state index contributed by atoms with van der Waals surface area (Å²) in [5.41, 5.74) is 3.74. The van der Waals surface area contributed by atoms with Gasteiger partial charge in [-0.15, -0.1) is 0 Å². The highest BCUT2D eigenvalue weighted by Gasteiger charge is 2.46. The number of carbonyl (C=O) groups is 2. The van der Waals surface area contributed by atoms with Gasteiger partial charge in [-0.05, 0) is 37.6 Å². The second-order valence-electron chi connectivity index (χ2n) is 8.26. The zero-order chi connectivity index (χ0) is 23.5. The molecule has 2 aromatic rings. The number of fused-ring (bicyclic) bond motifs is 1. The molecule has 1 N–H and O–H groups in total. The number of hydrogen-bond acceptors (Lipinski definition) is 6. The molecule has 0 radical (unpaired) electrons. The summed E-state index contributed by atoms with van der Waals surface area (Å²) in [5.74, 6) is -0.273. The third kappa shape index (κ3) is 4.25. The van der Waals surface area contributed by atoms with Crippen LogP contribution in [-0.2, 0) is 14.3 Å². The van der Waals surface area contributed by atoms with E-state index in [1.807, 2.05) is 43.3 Å². The monoisotopic (exact) mass is 447 g/mol. The molecule has 0 spiro atoms. The molecule has 33 heavy (non-hydrogen) atoms. The molecule has 0 aromatic heterocycles. The van der Waals surface area contributed by atoms with Crippen LogP contribution in [-0.4, -0.2) is 32.6 Å². The lowest BCUT2D eigenvalue weighted by atomic mass is 9.68. The van der Waals surface area contributed by atoms with E-state index in [0.717, 1.165) is 16.8 Å². The van der Waals surface area contributed by atoms with Crippen LogP contribution in [0.2, 0.25) is 0 Å². The fourth-order valence-electron chi connectivity index (χ4n) is 4.89. The molecule has 4 rings (SSSR count). The molecule has 3 unspecified atom stereocenters. The third-order valence-electron chi connectivity index (χ3n) is 6.36. The van der Waals surface area contributed by atoms with E-state index >= 15 is 0 Å². The fraction of sp³-hybridized carbons (Fsp3) is 0.333. The first-order chi connectivity index (χ1) is 16.0. The lowest BCUT2D eigenvalue weighted by molar-refractivity contribution is -0.139. The summed E-state index contributed by atoms with van der Waals surface area (Å²) in [6, 6.07) is 15.4. The summed E-state index contributed by atoms with van der Waals surface area (Å²) in [6.07, 6.45) is 2.48. The van der Waals surface area contributed by atoms with E-state index in [9.17, 15) is 9.59 Å². The quantitative estimate of drug-likeness (QED) is 0.658. The van der Waals surface area contributed by atoms with Gasteiger partial charge in [0.1, 0.15) is 17.3 Å². The predicted octanol–water partition coefficient (Wildman–Crippen LogP) is 4.48. The summed E-state index contributed by atoms with van der Waals surface area (Å²) < 4.78 is 16.5. The van der Waals surface area contributed by atoms with Crippen molar-refractivity contribution < 1.29 is 23.8 Å². The van der Waals surface area contributed by atoms with Crippen LogP contribution >= 0.6 is 0 Å². The van der Waals surface area contributed by atoms with Crippen LogP contribution in [0.25, 0.3) is 0 Å². The lowest BCUT2D eigenvalue weighted by Gasteiger charge is -2.40. The van der Waals surface area contributed by atoms with Crippen molar-refractivity contribution in [3.05, 3.63) is 82.7 Å². The molecule has 0 bridgehead atoms. The van der Waals surface area contributed by atoms with Gasteiger partial charge < -0.3 is 19.5 Å². The predicted molar refractivity (Wildman–Crippen MR) is 125 cm³/mol. The Kier molecular flexibility index (Phi) is 6.54. The maximum Gasteiger partial charge on any atom is 0.336 e. The van der Waals surface area contributed by atoms with Crippen molar-refractivity contribution in [1.29, 1.82) is 0 Å². The zero-order valence-electron chi connectivity index (χ0n) is 19.4. The number of hydrogen-bond donors (Lipinski definition) is 1. The van der Waals surface area contributed by atoms with Crippen LogP contribution in [0.4, 0.5) is 0 Å². The fourth-order valence-corrected chi connectivity index (χ4v) is 4.89. The SMILES string of the molecule is CCOC(=O)C1=C(C)NC2=CC(c3ccccc3)CC(=O)C2C1c1cc(OC)ccc1OC. The molecule has 1 aliphatic carbocycles. The number of ketones is 1. The molecule has 0 amide bonds. The highest BCUT2D eigenvalue weighted by atomic mass is 16.5. The van der Waals surface area contributed by atoms with Crippen molar-refractivity contribution in [2.24, 2.45) is 5.92 Å². The Morgan fingerprint density at radius 1 is 1.06 bits per heavy atom. The Morgan fingerprint density at radius 2 is 1.82 bits per heavy atom. The molecule has 0 fully saturated rings. The molecule has 6 nitrogen and oxygen atoms in total. The Balaban J connectivity index is 1.89. The molecular formula is C27H29NO5. The van der Waals surface area contributed by atoms with Gasteiger partial charge in [0.25, 0.3) is 0 Å². The number of nitrogens with one attached hydrogen (secondary N) is 1. The molecular weight excluding hydrogens is 418 g/mol. The maximum absolute atomic E-state index is 13.7. The van der Waals surface area contributed by atoms with E-state index in [-0.39, 0.29) is 18.3 Å². The lowest BCUT2D eigenvalue weighted by Crippen LogP contribution is -2.42. The average Bonchev–Trinajstić information content (AvgIpc) is 2.83. The Hall–Kier alpha value is -3.54. The van der Waals surface area contributed by atoms with E-state index in [2.05, 4.69) is 11.4 Å². The summed E-state index contributed by atoms with van der Waals surface area (Å²) in [6.45, 7) is 3.86. The van der Waals surface area contributed by atoms with Crippen LogP contribution in [0.1, 0.15) is 43.2 Å². The second-order valence-corrected chi connectivity index (χ2v) is 8.26. The summed E-state index contributed by atoms with van der Waals surface area (Å²) in [7, 11) is 3.17. The van der Waals surface area contributed by atoms with Gasteiger partial charge in [-0.1, -0.05) is 36.4 Å². The normalized spacial score (nSPS) is 22.1. The van der Waals surface area contributed by atoms with E-state index in [1.165, 1.54) is 0 Å². The Bertz CT molecular complexity index is 1120. The second kappa shape index (κ2) is 9.53. The van der Waals surface area contributed by atoms with Crippen molar-refractivity contribution in [1.82, 2.24) is 5.32 Å². The maximum atomic E-state index is 13.7. The van der Waals surface area contributed by atoms with Gasteiger partial charge in [0.15, 0.2) is 0 Å². The van der Waals surface area contributed by atoms with Crippen LogP contribution < -0.4 is 14.8 Å². The highest BCUT2D eigenvalue weighted by molar-refractivity contribution is 5.96. The molecule has 1 aliphatic heterocycles. The molecule has 2 aromatic carbocycles. The number of carbonyl (C=O) groups excluding carboxylic acids is 2. The van der Waals surface area contributed by atoms with Crippen molar-refractivity contribution in [2.45, 2.75) is 32.1 Å². The first-order valence-electron chi connectivity index (χ1n) is 11.1. The number of benzene rings is 2. The third-order valence-corrected chi connectivity index (χ3v) is 6.36. The highest BCUT2D eigenvalue weighted by Crippen LogP contribution is 2.48. The van der Waals surface area contributed by atoms with Gasteiger partial charge in [-0.25, -0.2) is 4.79 Å². The Labute approximate surface area is 194 Å². The largest absolute Gasteiger partial charge is 0.497 e. The first-order valence-corrected chi connectivity index (χ1v) is 11.1. The summed E-state index contributed by atoms with van der Waals surface area (Å²) >= 11 is 0. The van der Waals surface area contributed by atoms with Crippen LogP contribution in [0.5, 0.6) is 11.5 Å². The minimum atomic E-state index is -0.550. The molecule has 3 atom stereocenters. The van der Waals surface area contributed by atoms with Crippen LogP contribution in [0, 0.1) is 5.92 Å². The zero-order valence-corrected chi connectivity index (χ0v) is 19.4. The number of allylic oxidation sites excluding steroid dienone is 3. The van der Waals surface area contributed by atoms with Crippen molar-refractivity contribution in [3.63, 3.8) is 0 Å². The number of Topliss-reactive ketones (excluding diaryl/α,β-unsaturated/α-hetero) is 1. The average molecular weight is 448 g/mol. The molecule has 6 heteroatoms. The molecule has 1 heterocycles. The van der Waals surface area contributed by atoms with Gasteiger partial charge in [0.05, 0.1) is 32.3 Å². The molecule has 172 valence electrons. The van der Waals surface area contributed by atoms with Crippen LogP contribution in [0.3, 0.4) is 0 Å². The molecule has 0 saturated heterocycles. The van der Waals surface area contributed by atoms with Gasteiger partial charge in [0, 0.05) is 35.2 Å². The van der Waals surface area contributed by atoms with Gasteiger partial charge in [-0.3, -0.25) is 4.79 Å². The van der Waals surface area contributed by atoms with E-state index in [4.69, 9.17) is 14.2 Å². The number of ether oxygens (including phenoxy) is 3. The minimum Gasteiger partial charge on any atom is -0.497 e. The van der Waals surface area contributed by atoms with E-state index in [1.54, 1.807) is 33.3 Å². The summed E-state index contributed by atoms with van der Waals surface area (Å²) in [4.78, 5) is 26.7. The Morgan fingerprint density at radius 3 is 2.48 bits per heavy atom. The van der Waals surface area contributed by atoms with Gasteiger partial charge in [0.2, 0.25) is 0 Å². The van der Waals surface area contributed by atoms with Gasteiger partial charge >= 0.3 is 5.97 Å². The number of methoxy groups -OCH3 is 2. The van der Waals surface area contributed by atoms with Crippen molar-refractivity contribution in [3.8, 4) is 11.5 Å². The van der Waals surface area contributed by atoms with Crippen LogP contribution in [0.15, 0.2) is 71.6 Å². The smallest absolute Gasteiger partial charge is 0.336 e. The number of esters is 1. The van der Waals surface area contributed by atoms with Crippen molar-refractivity contribution in [2.75, 3.05) is 20.8 Å². The number of rotatable bonds is 6. The summed E-state index contributed by atoms with van der Waals surface area (Å²) in [5, 5.41) is 3.35. The standard InChI is InChI=1S/C27H29NO5/c1-5-33-27(30)24-16(2)28-21-13-18(17-9-7-6-8-10-17)14-22(29)26(21)25(24)20-15-19(31-3)11-12-23(20)32-4/h6-13,15,18,25-26,28H,5,14H2,1-4H3. The molecule has 2 aliphatic rings.